The van der Waals surface area contributed by atoms with E-state index in [2.05, 4.69) is 44.6 Å². The standard InChI is InChI=1S/C22H38N6O2/c1-4-23-22(24-11-13-26(2)12-8-18-30-3)25-19-21(29)28-16-14-27(15-17-28)20-9-6-5-7-10-20/h5-7,9-10H,4,8,11-19H2,1-3H3,(H2,23,24,25). The van der Waals surface area contributed by atoms with E-state index in [0.717, 1.165) is 65.4 Å². The minimum absolute atomic E-state index is 0.0802. The molecule has 8 heteroatoms. The van der Waals surface area contributed by atoms with Gasteiger partial charge in [-0.05, 0) is 32.5 Å². The van der Waals surface area contributed by atoms with Gasteiger partial charge in [0.05, 0.1) is 0 Å². The number of nitrogens with one attached hydrogen (secondary N) is 2. The third kappa shape index (κ3) is 8.59. The topological polar surface area (TPSA) is 72.4 Å². The number of aliphatic imine (C=N–C) groups is 1. The molecule has 1 aromatic rings. The van der Waals surface area contributed by atoms with Gasteiger partial charge in [-0.2, -0.15) is 0 Å². The van der Waals surface area contributed by atoms with E-state index >= 15 is 0 Å². The van der Waals surface area contributed by atoms with Crippen molar-refractivity contribution in [3.63, 3.8) is 0 Å². The summed E-state index contributed by atoms with van der Waals surface area (Å²) in [6.07, 6.45) is 1.02. The van der Waals surface area contributed by atoms with Crippen LogP contribution in [0.3, 0.4) is 0 Å². The van der Waals surface area contributed by atoms with Crippen molar-refractivity contribution in [1.29, 1.82) is 0 Å². The molecule has 0 aromatic heterocycles. The maximum Gasteiger partial charge on any atom is 0.244 e. The zero-order valence-corrected chi connectivity index (χ0v) is 18.8. The van der Waals surface area contributed by atoms with E-state index in [0.29, 0.717) is 5.96 Å². The summed E-state index contributed by atoms with van der Waals surface area (Å²) in [6, 6.07) is 10.4. The van der Waals surface area contributed by atoms with Gasteiger partial charge in [-0.1, -0.05) is 18.2 Å². The molecular formula is C22H38N6O2. The van der Waals surface area contributed by atoms with Crippen molar-refractivity contribution in [2.45, 2.75) is 13.3 Å². The van der Waals surface area contributed by atoms with Crippen LogP contribution in [0.2, 0.25) is 0 Å². The van der Waals surface area contributed by atoms with Crippen molar-refractivity contribution in [2.75, 3.05) is 84.6 Å². The zero-order chi connectivity index (χ0) is 21.6. The molecule has 2 rings (SSSR count). The average molecular weight is 419 g/mol. The third-order valence-electron chi connectivity index (χ3n) is 5.14. The number of hydrogen-bond acceptors (Lipinski definition) is 5. The Bertz CT molecular complexity index is 632. The molecule has 1 fully saturated rings. The van der Waals surface area contributed by atoms with Crippen LogP contribution in [0.4, 0.5) is 5.69 Å². The number of hydrogen-bond donors (Lipinski definition) is 2. The van der Waals surface area contributed by atoms with Gasteiger partial charge in [-0.25, -0.2) is 4.99 Å². The number of likely N-dealkylation sites (N-methyl/N-ethyl adjacent to an activating group) is 1. The minimum Gasteiger partial charge on any atom is -0.385 e. The predicted molar refractivity (Wildman–Crippen MR) is 123 cm³/mol. The van der Waals surface area contributed by atoms with E-state index in [9.17, 15) is 4.79 Å². The molecule has 1 amide bonds. The molecular weight excluding hydrogens is 380 g/mol. The Labute approximate surface area is 181 Å². The van der Waals surface area contributed by atoms with Crippen LogP contribution in [0.25, 0.3) is 0 Å². The highest BCUT2D eigenvalue weighted by Gasteiger charge is 2.20. The first-order valence-electron chi connectivity index (χ1n) is 10.9. The van der Waals surface area contributed by atoms with Crippen molar-refractivity contribution in [3.05, 3.63) is 30.3 Å². The largest absolute Gasteiger partial charge is 0.385 e. The molecule has 2 N–H and O–H groups in total. The van der Waals surface area contributed by atoms with E-state index < -0.39 is 0 Å². The maximum atomic E-state index is 12.6. The van der Waals surface area contributed by atoms with Gasteiger partial charge in [0.1, 0.15) is 6.54 Å². The molecule has 1 aliphatic rings. The summed E-state index contributed by atoms with van der Waals surface area (Å²) < 4.78 is 5.09. The molecule has 168 valence electrons. The van der Waals surface area contributed by atoms with Crippen molar-refractivity contribution >= 4 is 17.6 Å². The first-order chi connectivity index (χ1) is 14.6. The van der Waals surface area contributed by atoms with Crippen molar-refractivity contribution in [2.24, 2.45) is 4.99 Å². The lowest BCUT2D eigenvalue weighted by Crippen LogP contribution is -2.49. The maximum absolute atomic E-state index is 12.6. The lowest BCUT2D eigenvalue weighted by atomic mass is 10.2. The number of piperazine rings is 1. The molecule has 8 nitrogen and oxygen atoms in total. The van der Waals surface area contributed by atoms with Gasteiger partial charge < -0.3 is 30.1 Å². The van der Waals surface area contributed by atoms with E-state index in [1.54, 1.807) is 7.11 Å². The minimum atomic E-state index is 0.0802. The molecule has 1 heterocycles. The van der Waals surface area contributed by atoms with Crippen LogP contribution >= 0.6 is 0 Å². The van der Waals surface area contributed by atoms with Gasteiger partial charge in [0.25, 0.3) is 0 Å². The van der Waals surface area contributed by atoms with Crippen LogP contribution in [0, 0.1) is 0 Å². The lowest BCUT2D eigenvalue weighted by Gasteiger charge is -2.36. The number of carbonyl (C=O) groups excluding carboxylic acids is 1. The Kier molecular flexibility index (Phi) is 11.0. The Morgan fingerprint density at radius 2 is 1.87 bits per heavy atom. The van der Waals surface area contributed by atoms with Gasteiger partial charge >= 0.3 is 0 Å². The molecule has 0 radical (unpaired) electrons. The number of amides is 1. The van der Waals surface area contributed by atoms with Crippen LogP contribution in [0.15, 0.2) is 35.3 Å². The number of nitrogens with zero attached hydrogens (tertiary/aromatic N) is 4. The number of para-hydroxylation sites is 1. The number of ether oxygens (including phenoxy) is 1. The number of methoxy groups -OCH3 is 1. The number of guanidine groups is 1. The van der Waals surface area contributed by atoms with Crippen LogP contribution in [-0.2, 0) is 9.53 Å². The summed E-state index contributed by atoms with van der Waals surface area (Å²) in [6.45, 7) is 9.60. The second-order valence-corrected chi connectivity index (χ2v) is 7.47. The summed E-state index contributed by atoms with van der Waals surface area (Å²) in [7, 11) is 3.82. The quantitative estimate of drug-likeness (QED) is 0.316. The highest BCUT2D eigenvalue weighted by atomic mass is 16.5. The van der Waals surface area contributed by atoms with Gasteiger partial charge in [0.2, 0.25) is 5.91 Å². The Morgan fingerprint density at radius 3 is 2.53 bits per heavy atom. The highest BCUT2D eigenvalue weighted by molar-refractivity contribution is 5.85. The fourth-order valence-corrected chi connectivity index (χ4v) is 3.40. The van der Waals surface area contributed by atoms with Gasteiger partial charge in [0.15, 0.2) is 5.96 Å². The second kappa shape index (κ2) is 13.8. The van der Waals surface area contributed by atoms with Crippen molar-refractivity contribution in [3.8, 4) is 0 Å². The number of carbonyl (C=O) groups is 1. The molecule has 0 atom stereocenters. The monoisotopic (exact) mass is 418 g/mol. The normalized spacial score (nSPS) is 14.9. The van der Waals surface area contributed by atoms with E-state index in [1.165, 1.54) is 5.69 Å². The van der Waals surface area contributed by atoms with E-state index in [1.807, 2.05) is 30.0 Å². The van der Waals surface area contributed by atoms with E-state index in [-0.39, 0.29) is 12.5 Å². The Hall–Kier alpha value is -2.32. The molecule has 0 bridgehead atoms. The van der Waals surface area contributed by atoms with E-state index in [4.69, 9.17) is 4.74 Å². The smallest absolute Gasteiger partial charge is 0.244 e. The molecule has 0 aliphatic carbocycles. The summed E-state index contributed by atoms with van der Waals surface area (Å²) >= 11 is 0. The molecule has 0 unspecified atom stereocenters. The lowest BCUT2D eigenvalue weighted by molar-refractivity contribution is -0.129. The fraction of sp³-hybridized carbons (Fsp3) is 0.636. The van der Waals surface area contributed by atoms with Crippen LogP contribution in [-0.4, -0.2) is 101 Å². The highest BCUT2D eigenvalue weighted by Crippen LogP contribution is 2.15. The number of anilines is 1. The molecule has 1 aliphatic heterocycles. The zero-order valence-electron chi connectivity index (χ0n) is 18.8. The summed E-state index contributed by atoms with van der Waals surface area (Å²) in [4.78, 5) is 23.6. The first-order valence-corrected chi connectivity index (χ1v) is 10.9. The summed E-state index contributed by atoms with van der Waals surface area (Å²) in [5.41, 5.74) is 1.22. The van der Waals surface area contributed by atoms with Crippen LogP contribution in [0.1, 0.15) is 13.3 Å². The Morgan fingerprint density at radius 1 is 1.13 bits per heavy atom. The first kappa shape index (κ1) is 24.0. The number of rotatable bonds is 11. The Balaban J connectivity index is 1.72. The van der Waals surface area contributed by atoms with Crippen LogP contribution < -0.4 is 15.5 Å². The summed E-state index contributed by atoms with van der Waals surface area (Å²) in [5, 5.41) is 6.53. The van der Waals surface area contributed by atoms with Crippen molar-refractivity contribution in [1.82, 2.24) is 20.4 Å². The molecule has 1 aromatic carbocycles. The second-order valence-electron chi connectivity index (χ2n) is 7.47. The predicted octanol–water partition coefficient (Wildman–Crippen LogP) is 0.859. The third-order valence-corrected chi connectivity index (χ3v) is 5.14. The van der Waals surface area contributed by atoms with Gasteiger partial charge in [0, 0.05) is 71.8 Å². The summed E-state index contributed by atoms with van der Waals surface area (Å²) in [5.74, 6) is 0.774. The SMILES string of the molecule is CCNC(=NCC(=O)N1CCN(c2ccccc2)CC1)NCCN(C)CCCOC. The fourth-order valence-electron chi connectivity index (χ4n) is 3.40. The van der Waals surface area contributed by atoms with Crippen LogP contribution in [0.5, 0.6) is 0 Å². The molecule has 0 spiro atoms. The van der Waals surface area contributed by atoms with Gasteiger partial charge in [-0.3, -0.25) is 4.79 Å². The molecule has 1 saturated heterocycles. The van der Waals surface area contributed by atoms with Crippen molar-refractivity contribution < 1.29 is 9.53 Å². The van der Waals surface area contributed by atoms with Gasteiger partial charge in [-0.15, -0.1) is 0 Å². The molecule has 30 heavy (non-hydrogen) atoms. The average Bonchev–Trinajstić information content (AvgIpc) is 2.78. The molecule has 0 saturated carbocycles. The number of benzene rings is 1.